The number of benzene rings is 1. The van der Waals surface area contributed by atoms with Crippen LogP contribution in [0.1, 0.15) is 5.56 Å². The Bertz CT molecular complexity index is 502. The average Bonchev–Trinajstić information content (AvgIpc) is 2.28. The molecule has 0 radical (unpaired) electrons. The van der Waals surface area contributed by atoms with Crippen molar-refractivity contribution in [3.63, 3.8) is 0 Å². The highest BCUT2D eigenvalue weighted by Gasteiger charge is 2.27. The Morgan fingerprint density at radius 3 is 1.57 bits per heavy atom. The Morgan fingerprint density at radius 2 is 1.19 bits per heavy atom. The first-order valence-corrected chi connectivity index (χ1v) is 13.9. The summed E-state index contributed by atoms with van der Waals surface area (Å²) < 4.78 is 23.4. The molecular weight excluding hydrogens is 300 g/mol. The molecule has 0 fully saturated rings. The van der Waals surface area contributed by atoms with Gasteiger partial charge < -0.3 is 18.3 Å². The SMILES string of the molecule is COc1c(O[Si](C)(C)C)cc(C)c(O[Si](C)(C)C)c1OC. The van der Waals surface area contributed by atoms with Crippen molar-refractivity contribution in [1.29, 1.82) is 0 Å². The maximum Gasteiger partial charge on any atom is 0.242 e. The number of ether oxygens (including phenoxy) is 2. The van der Waals surface area contributed by atoms with Crippen LogP contribution < -0.4 is 18.3 Å². The van der Waals surface area contributed by atoms with Crippen molar-refractivity contribution in [2.75, 3.05) is 14.2 Å². The number of rotatable bonds is 6. The first-order chi connectivity index (χ1) is 9.48. The molecule has 1 aromatic rings. The minimum Gasteiger partial charge on any atom is -0.542 e. The predicted molar refractivity (Wildman–Crippen MR) is 92.2 cm³/mol. The Hall–Kier alpha value is -1.15. The summed E-state index contributed by atoms with van der Waals surface area (Å²) in [6.07, 6.45) is 0. The molecule has 0 heterocycles. The van der Waals surface area contributed by atoms with E-state index in [9.17, 15) is 0 Å². The molecule has 0 bridgehead atoms. The monoisotopic (exact) mass is 328 g/mol. The largest absolute Gasteiger partial charge is 0.542 e. The van der Waals surface area contributed by atoms with Gasteiger partial charge in [0.05, 0.1) is 14.2 Å². The van der Waals surface area contributed by atoms with Crippen LogP contribution in [0.25, 0.3) is 0 Å². The second-order valence-electron chi connectivity index (χ2n) is 7.02. The van der Waals surface area contributed by atoms with Gasteiger partial charge in [-0.25, -0.2) is 0 Å². The molecule has 120 valence electrons. The molecule has 0 N–H and O–H groups in total. The Balaban J connectivity index is 3.43. The van der Waals surface area contributed by atoms with Crippen molar-refractivity contribution >= 4 is 16.6 Å². The van der Waals surface area contributed by atoms with Gasteiger partial charge in [0.15, 0.2) is 11.5 Å². The van der Waals surface area contributed by atoms with Crippen LogP contribution in [0.4, 0.5) is 0 Å². The lowest BCUT2D eigenvalue weighted by atomic mass is 10.2. The van der Waals surface area contributed by atoms with Gasteiger partial charge in [-0.2, -0.15) is 0 Å². The van der Waals surface area contributed by atoms with Crippen LogP contribution >= 0.6 is 0 Å². The number of hydrogen-bond acceptors (Lipinski definition) is 4. The molecule has 0 aliphatic rings. The highest BCUT2D eigenvalue weighted by molar-refractivity contribution is 6.70. The molecule has 0 aliphatic carbocycles. The van der Waals surface area contributed by atoms with E-state index in [1.54, 1.807) is 14.2 Å². The smallest absolute Gasteiger partial charge is 0.242 e. The van der Waals surface area contributed by atoms with Gasteiger partial charge in [0.25, 0.3) is 0 Å². The van der Waals surface area contributed by atoms with Crippen LogP contribution in [0, 0.1) is 6.92 Å². The molecule has 0 atom stereocenters. The number of hydrogen-bond donors (Lipinski definition) is 0. The van der Waals surface area contributed by atoms with Crippen LogP contribution in [0.15, 0.2) is 6.07 Å². The van der Waals surface area contributed by atoms with Crippen LogP contribution in [0.5, 0.6) is 23.0 Å². The van der Waals surface area contributed by atoms with E-state index in [2.05, 4.69) is 39.3 Å². The summed E-state index contributed by atoms with van der Waals surface area (Å²) in [4.78, 5) is 0. The van der Waals surface area contributed by atoms with E-state index in [0.29, 0.717) is 11.5 Å². The third kappa shape index (κ3) is 4.96. The van der Waals surface area contributed by atoms with Crippen molar-refractivity contribution in [1.82, 2.24) is 0 Å². The van der Waals surface area contributed by atoms with E-state index in [1.807, 2.05) is 13.0 Å². The summed E-state index contributed by atoms with van der Waals surface area (Å²) in [6, 6.07) is 1.98. The molecule has 0 spiro atoms. The van der Waals surface area contributed by atoms with Gasteiger partial charge in [0.1, 0.15) is 0 Å². The molecule has 0 aromatic heterocycles. The van der Waals surface area contributed by atoms with E-state index in [0.717, 1.165) is 17.1 Å². The molecule has 0 aliphatic heterocycles. The zero-order valence-electron chi connectivity index (χ0n) is 14.7. The fraction of sp³-hybridized carbons (Fsp3) is 0.600. The maximum absolute atomic E-state index is 6.17. The van der Waals surface area contributed by atoms with Gasteiger partial charge in [-0.15, -0.1) is 0 Å². The Labute approximate surface area is 130 Å². The zero-order valence-corrected chi connectivity index (χ0v) is 16.7. The van der Waals surface area contributed by atoms with E-state index in [1.165, 1.54) is 0 Å². The summed E-state index contributed by atoms with van der Waals surface area (Å²) >= 11 is 0. The summed E-state index contributed by atoms with van der Waals surface area (Å²) in [5.41, 5.74) is 1.00. The topological polar surface area (TPSA) is 36.9 Å². The molecule has 0 saturated heterocycles. The quantitative estimate of drug-likeness (QED) is 0.723. The predicted octanol–water partition coefficient (Wildman–Crippen LogP) is 4.44. The summed E-state index contributed by atoms with van der Waals surface area (Å²) in [7, 11) is -0.222. The van der Waals surface area contributed by atoms with Gasteiger partial charge in [0, 0.05) is 0 Å². The van der Waals surface area contributed by atoms with Crippen molar-refractivity contribution in [2.24, 2.45) is 0 Å². The second kappa shape index (κ2) is 6.31. The van der Waals surface area contributed by atoms with Crippen LogP contribution in [0.2, 0.25) is 39.3 Å². The Kier molecular flexibility index (Phi) is 5.38. The third-order valence-electron chi connectivity index (χ3n) is 2.57. The fourth-order valence-corrected chi connectivity index (χ4v) is 3.62. The van der Waals surface area contributed by atoms with Crippen LogP contribution in [-0.2, 0) is 0 Å². The standard InChI is InChI=1S/C15H28O4Si2/c1-11-10-12(18-20(4,5)6)14(16-2)15(17-3)13(11)19-21(7,8)9/h10H,1-9H3. The van der Waals surface area contributed by atoms with Gasteiger partial charge in [-0.05, 0) is 57.8 Å². The molecule has 6 heteroatoms. The first kappa shape index (κ1) is 17.9. The normalized spacial score (nSPS) is 12.0. The lowest BCUT2D eigenvalue weighted by molar-refractivity contribution is 0.331. The fourth-order valence-electron chi connectivity index (χ4n) is 1.94. The summed E-state index contributed by atoms with van der Waals surface area (Å²) in [6.45, 7) is 14.9. The number of aryl methyl sites for hydroxylation is 1. The molecule has 1 rings (SSSR count). The van der Waals surface area contributed by atoms with E-state index in [-0.39, 0.29) is 0 Å². The summed E-state index contributed by atoms with van der Waals surface area (Å²) in [5, 5.41) is 0. The minimum atomic E-state index is -1.74. The highest BCUT2D eigenvalue weighted by Crippen LogP contribution is 2.47. The minimum absolute atomic E-state index is 0.610. The maximum atomic E-state index is 6.17. The number of methoxy groups -OCH3 is 2. The third-order valence-corrected chi connectivity index (χ3v) is 4.22. The molecule has 1 aromatic carbocycles. The van der Waals surface area contributed by atoms with Crippen molar-refractivity contribution in [3.8, 4) is 23.0 Å². The lowest BCUT2D eigenvalue weighted by Gasteiger charge is -2.27. The van der Waals surface area contributed by atoms with Gasteiger partial charge in [0.2, 0.25) is 28.1 Å². The molecule has 0 amide bonds. The average molecular weight is 329 g/mol. The van der Waals surface area contributed by atoms with E-state index >= 15 is 0 Å². The zero-order chi connectivity index (χ0) is 16.4. The molecule has 21 heavy (non-hydrogen) atoms. The van der Waals surface area contributed by atoms with Crippen molar-refractivity contribution < 1.29 is 18.3 Å². The molecule has 0 saturated carbocycles. The van der Waals surface area contributed by atoms with E-state index < -0.39 is 16.6 Å². The van der Waals surface area contributed by atoms with Crippen LogP contribution in [-0.4, -0.2) is 30.9 Å². The summed E-state index contributed by atoms with van der Waals surface area (Å²) in [5.74, 6) is 2.72. The van der Waals surface area contributed by atoms with Gasteiger partial charge >= 0.3 is 0 Å². The Morgan fingerprint density at radius 1 is 0.714 bits per heavy atom. The van der Waals surface area contributed by atoms with Crippen molar-refractivity contribution in [2.45, 2.75) is 46.2 Å². The second-order valence-corrected chi connectivity index (χ2v) is 15.9. The first-order valence-electron chi connectivity index (χ1n) is 7.12. The van der Waals surface area contributed by atoms with Gasteiger partial charge in [-0.3, -0.25) is 0 Å². The van der Waals surface area contributed by atoms with E-state index in [4.69, 9.17) is 18.3 Å². The molecule has 4 nitrogen and oxygen atoms in total. The van der Waals surface area contributed by atoms with Crippen LogP contribution in [0.3, 0.4) is 0 Å². The van der Waals surface area contributed by atoms with Crippen molar-refractivity contribution in [3.05, 3.63) is 11.6 Å². The lowest BCUT2D eigenvalue weighted by Crippen LogP contribution is -2.31. The molecule has 0 unspecified atom stereocenters. The van der Waals surface area contributed by atoms with Gasteiger partial charge in [-0.1, -0.05) is 0 Å². The molecular formula is C15H28O4Si2. The highest BCUT2D eigenvalue weighted by atomic mass is 28.4.